The highest BCUT2D eigenvalue weighted by Gasteiger charge is 2.57. The largest absolute Gasteiger partial charge is 0.484 e. The molecule has 0 radical (unpaired) electrons. The van der Waals surface area contributed by atoms with Crippen molar-refractivity contribution < 1.29 is 33.0 Å². The summed E-state index contributed by atoms with van der Waals surface area (Å²) in [6.07, 6.45) is 1.50. The van der Waals surface area contributed by atoms with Gasteiger partial charge < -0.3 is 24.8 Å². The Bertz CT molecular complexity index is 1160. The van der Waals surface area contributed by atoms with Crippen molar-refractivity contribution in [1.29, 1.82) is 0 Å². The third-order valence-corrected chi connectivity index (χ3v) is 7.89. The lowest BCUT2D eigenvalue weighted by Crippen LogP contribution is -2.70. The van der Waals surface area contributed by atoms with Crippen LogP contribution in [0.2, 0.25) is 10.0 Å². The molecule has 3 aliphatic carbocycles. The van der Waals surface area contributed by atoms with E-state index in [4.69, 9.17) is 32.7 Å². The zero-order valence-corrected chi connectivity index (χ0v) is 21.0. The molecule has 0 spiro atoms. The minimum Gasteiger partial charge on any atom is -0.484 e. The molecule has 0 saturated heterocycles. The van der Waals surface area contributed by atoms with Gasteiger partial charge in [0.2, 0.25) is 0 Å². The van der Waals surface area contributed by atoms with Gasteiger partial charge >= 0.3 is 0 Å². The first-order chi connectivity index (χ1) is 17.0. The van der Waals surface area contributed by atoms with Crippen LogP contribution in [0.25, 0.3) is 0 Å². The monoisotopic (exact) mass is 542 g/mol. The van der Waals surface area contributed by atoms with Gasteiger partial charge in [-0.3, -0.25) is 9.59 Å². The number of aliphatic hydroxyl groups excluding tert-OH is 1. The van der Waals surface area contributed by atoms with Gasteiger partial charge in [0, 0.05) is 24.7 Å². The lowest BCUT2D eigenvalue weighted by Gasteiger charge is -2.58. The van der Waals surface area contributed by atoms with Crippen LogP contribution in [0.5, 0.6) is 11.5 Å². The highest BCUT2D eigenvalue weighted by atomic mass is 35.5. The molecule has 2 N–H and O–H groups in total. The fourth-order valence-electron chi connectivity index (χ4n) is 5.04. The van der Waals surface area contributed by atoms with Crippen molar-refractivity contribution in [3.05, 3.63) is 58.1 Å². The number of hydrogen-bond donors (Lipinski definition) is 2. The second-order valence-corrected chi connectivity index (χ2v) is 10.1. The second kappa shape index (κ2) is 10.4. The van der Waals surface area contributed by atoms with Crippen molar-refractivity contribution in [2.45, 2.75) is 49.3 Å². The van der Waals surface area contributed by atoms with E-state index in [1.165, 1.54) is 24.3 Å². The second-order valence-electron chi connectivity index (χ2n) is 9.33. The van der Waals surface area contributed by atoms with E-state index >= 15 is 0 Å². The zero-order chi connectivity index (χ0) is 26.1. The molecular weight excluding hydrogens is 517 g/mol. The molecule has 0 aromatic heterocycles. The molecule has 5 rings (SSSR count). The third-order valence-electron chi connectivity index (χ3n) is 7.27. The van der Waals surface area contributed by atoms with Gasteiger partial charge in [-0.1, -0.05) is 23.2 Å². The Balaban J connectivity index is 1.32. The van der Waals surface area contributed by atoms with Gasteiger partial charge in [0.1, 0.15) is 23.1 Å². The number of rotatable bonds is 8. The first-order valence-electron chi connectivity index (χ1n) is 11.5. The van der Waals surface area contributed by atoms with E-state index in [1.807, 2.05) is 0 Å². The molecule has 0 unspecified atom stereocenters. The van der Waals surface area contributed by atoms with Crippen molar-refractivity contribution in [3.8, 4) is 11.5 Å². The predicted molar refractivity (Wildman–Crippen MR) is 129 cm³/mol. The number of likely N-dealkylation sites (N-methyl/N-ethyl adjacent to an activating group) is 1. The molecule has 2 aromatic rings. The summed E-state index contributed by atoms with van der Waals surface area (Å²) in [5.74, 6) is -1.68. The molecule has 7 nitrogen and oxygen atoms in total. The molecule has 1 atom stereocenters. The quantitative estimate of drug-likeness (QED) is 0.523. The molecule has 3 aliphatic rings. The van der Waals surface area contributed by atoms with E-state index in [0.29, 0.717) is 25.7 Å². The maximum atomic E-state index is 13.6. The molecule has 3 fully saturated rings. The molecule has 0 aliphatic heterocycles. The Labute approximate surface area is 217 Å². The Morgan fingerprint density at radius 2 is 1.53 bits per heavy atom. The molecule has 194 valence electrons. The number of nitrogens with one attached hydrogen (secondary N) is 1. The Morgan fingerprint density at radius 1 is 1.00 bits per heavy atom. The van der Waals surface area contributed by atoms with Crippen LogP contribution in [-0.4, -0.2) is 59.3 Å². The van der Waals surface area contributed by atoms with Crippen LogP contribution in [0.1, 0.15) is 32.1 Å². The Morgan fingerprint density at radius 3 is 2.03 bits per heavy atom. The maximum Gasteiger partial charge on any atom is 0.260 e. The number of fused-ring (bicyclic) bond motifs is 3. The van der Waals surface area contributed by atoms with E-state index < -0.39 is 34.7 Å². The minimum absolute atomic E-state index is 0.0379. The summed E-state index contributed by atoms with van der Waals surface area (Å²) in [7, 11) is 1.66. The van der Waals surface area contributed by atoms with E-state index in [0.717, 1.165) is 12.1 Å². The van der Waals surface area contributed by atoms with E-state index in [-0.39, 0.29) is 47.1 Å². The summed E-state index contributed by atoms with van der Waals surface area (Å²) in [5.41, 5.74) is -1.40. The van der Waals surface area contributed by atoms with Crippen LogP contribution >= 0.6 is 23.2 Å². The van der Waals surface area contributed by atoms with Crippen LogP contribution in [-0.2, 0) is 9.59 Å². The zero-order valence-electron chi connectivity index (χ0n) is 19.5. The fourth-order valence-corrected chi connectivity index (χ4v) is 5.27. The highest BCUT2D eigenvalue weighted by Crippen LogP contribution is 2.49. The van der Waals surface area contributed by atoms with Crippen LogP contribution in [0.3, 0.4) is 0 Å². The van der Waals surface area contributed by atoms with Crippen LogP contribution in [0, 0.1) is 11.6 Å². The van der Waals surface area contributed by atoms with Gasteiger partial charge in [0.25, 0.3) is 11.8 Å². The molecule has 2 aromatic carbocycles. The number of aliphatic hydroxyl groups is 1. The number of nitrogens with zero attached hydrogens (tertiary/aromatic N) is 1. The van der Waals surface area contributed by atoms with Crippen molar-refractivity contribution >= 4 is 35.0 Å². The SMILES string of the molecule is CN(C(=O)COc1ccc(Cl)c(F)c1)C12CCC(NC(=O)COc3ccc(Cl)c(F)c3)(CC1)[C@H](O)C2. The van der Waals surface area contributed by atoms with Crippen molar-refractivity contribution in [1.82, 2.24) is 10.2 Å². The number of benzene rings is 2. The number of amides is 2. The molecule has 3 saturated carbocycles. The molecule has 11 heteroatoms. The highest BCUT2D eigenvalue weighted by molar-refractivity contribution is 6.31. The topological polar surface area (TPSA) is 88.1 Å². The molecule has 2 amide bonds. The third kappa shape index (κ3) is 5.38. The van der Waals surface area contributed by atoms with Gasteiger partial charge in [-0.25, -0.2) is 8.78 Å². The molecule has 36 heavy (non-hydrogen) atoms. The fraction of sp³-hybridized carbons (Fsp3) is 0.440. The normalized spacial score (nSPS) is 24.8. The Hall–Kier alpha value is -2.62. The Kier molecular flexibility index (Phi) is 7.64. The van der Waals surface area contributed by atoms with E-state index in [2.05, 4.69) is 5.32 Å². The predicted octanol–water partition coefficient (Wildman–Crippen LogP) is 4.12. The summed E-state index contributed by atoms with van der Waals surface area (Å²) in [5, 5.41) is 13.8. The summed E-state index contributed by atoms with van der Waals surface area (Å²) >= 11 is 11.3. The first kappa shape index (κ1) is 26.4. The minimum atomic E-state index is -0.876. The summed E-state index contributed by atoms with van der Waals surface area (Å²) in [4.78, 5) is 27.0. The summed E-state index contributed by atoms with van der Waals surface area (Å²) in [6.45, 7) is -0.637. The smallest absolute Gasteiger partial charge is 0.260 e. The number of halogens is 4. The van der Waals surface area contributed by atoms with E-state index in [1.54, 1.807) is 11.9 Å². The average molecular weight is 543 g/mol. The molecular formula is C25H26Cl2F2N2O5. The molecule has 2 bridgehead atoms. The first-order valence-corrected chi connectivity index (χ1v) is 12.2. The average Bonchev–Trinajstić information content (AvgIpc) is 2.86. The lowest BCUT2D eigenvalue weighted by atomic mass is 9.59. The van der Waals surface area contributed by atoms with Crippen molar-refractivity contribution in [2.75, 3.05) is 20.3 Å². The van der Waals surface area contributed by atoms with Gasteiger partial charge in [0.05, 0.1) is 21.7 Å². The number of ether oxygens (including phenoxy) is 2. The van der Waals surface area contributed by atoms with Gasteiger partial charge in [-0.05, 0) is 56.4 Å². The lowest BCUT2D eigenvalue weighted by molar-refractivity contribution is -0.154. The number of hydrogen-bond acceptors (Lipinski definition) is 5. The van der Waals surface area contributed by atoms with E-state index in [9.17, 15) is 23.5 Å². The van der Waals surface area contributed by atoms with Crippen LogP contribution in [0.4, 0.5) is 8.78 Å². The van der Waals surface area contributed by atoms with Crippen LogP contribution in [0.15, 0.2) is 36.4 Å². The number of carbonyl (C=O) groups is 2. The van der Waals surface area contributed by atoms with Gasteiger partial charge in [0.15, 0.2) is 13.2 Å². The van der Waals surface area contributed by atoms with Crippen LogP contribution < -0.4 is 14.8 Å². The van der Waals surface area contributed by atoms with Gasteiger partial charge in [-0.15, -0.1) is 0 Å². The summed E-state index contributed by atoms with van der Waals surface area (Å²) < 4.78 is 38.0. The van der Waals surface area contributed by atoms with Gasteiger partial charge in [-0.2, -0.15) is 0 Å². The molecule has 0 heterocycles. The van der Waals surface area contributed by atoms with Crippen molar-refractivity contribution in [2.24, 2.45) is 0 Å². The maximum absolute atomic E-state index is 13.6. The number of carbonyl (C=O) groups excluding carboxylic acids is 2. The summed E-state index contributed by atoms with van der Waals surface area (Å²) in [6, 6.07) is 7.84. The van der Waals surface area contributed by atoms with Crippen molar-refractivity contribution in [3.63, 3.8) is 0 Å². The standard InChI is InChI=1S/C25H26Cl2F2N2O5/c1-31(23(34)14-36-16-3-5-18(27)20(29)11-16)24-6-8-25(9-7-24,21(32)12-24)30-22(33)13-35-15-2-4-17(26)19(28)10-15/h2-5,10-11,21,32H,6-9,12-14H2,1H3,(H,30,33)/t21-,24?,25?/m1/s1.